The molecule has 88 valence electrons. The SMILES string of the molecule is Cc1ccccc1CNc1ccc(N)cc1C. The summed E-state index contributed by atoms with van der Waals surface area (Å²) in [6.07, 6.45) is 0. The van der Waals surface area contributed by atoms with Gasteiger partial charge in [0.25, 0.3) is 0 Å². The van der Waals surface area contributed by atoms with Crippen molar-refractivity contribution in [3.8, 4) is 0 Å². The van der Waals surface area contributed by atoms with Gasteiger partial charge < -0.3 is 11.1 Å². The second-order valence-electron chi connectivity index (χ2n) is 4.35. The van der Waals surface area contributed by atoms with E-state index in [9.17, 15) is 0 Å². The number of hydrogen-bond acceptors (Lipinski definition) is 2. The van der Waals surface area contributed by atoms with Crippen molar-refractivity contribution in [1.82, 2.24) is 0 Å². The van der Waals surface area contributed by atoms with Crippen LogP contribution in [-0.4, -0.2) is 0 Å². The first kappa shape index (κ1) is 11.5. The monoisotopic (exact) mass is 226 g/mol. The second kappa shape index (κ2) is 4.91. The number of rotatable bonds is 3. The fourth-order valence-electron chi connectivity index (χ4n) is 1.88. The summed E-state index contributed by atoms with van der Waals surface area (Å²) < 4.78 is 0. The summed E-state index contributed by atoms with van der Waals surface area (Å²) in [5.41, 5.74) is 11.5. The van der Waals surface area contributed by atoms with Crippen molar-refractivity contribution in [3.05, 3.63) is 59.2 Å². The number of nitrogen functional groups attached to an aromatic ring is 1. The van der Waals surface area contributed by atoms with E-state index in [0.717, 1.165) is 17.9 Å². The highest BCUT2D eigenvalue weighted by Gasteiger charge is 2.00. The maximum Gasteiger partial charge on any atom is 0.0403 e. The van der Waals surface area contributed by atoms with Crippen LogP contribution in [0.5, 0.6) is 0 Å². The molecule has 0 spiro atoms. The molecule has 0 aromatic heterocycles. The summed E-state index contributed by atoms with van der Waals surface area (Å²) >= 11 is 0. The van der Waals surface area contributed by atoms with E-state index >= 15 is 0 Å². The van der Waals surface area contributed by atoms with Crippen LogP contribution in [0.3, 0.4) is 0 Å². The van der Waals surface area contributed by atoms with E-state index in [4.69, 9.17) is 5.73 Å². The van der Waals surface area contributed by atoms with Crippen molar-refractivity contribution in [2.45, 2.75) is 20.4 Å². The minimum atomic E-state index is 0.809. The standard InChI is InChI=1S/C15H18N2/c1-11-5-3-4-6-13(11)10-17-15-8-7-14(16)9-12(15)2/h3-9,17H,10,16H2,1-2H3. The first-order valence-corrected chi connectivity index (χ1v) is 5.81. The van der Waals surface area contributed by atoms with Gasteiger partial charge in [-0.1, -0.05) is 24.3 Å². The third-order valence-corrected chi connectivity index (χ3v) is 2.98. The summed E-state index contributed by atoms with van der Waals surface area (Å²) in [6.45, 7) is 5.04. The Hall–Kier alpha value is -1.96. The molecule has 2 heteroatoms. The topological polar surface area (TPSA) is 38.0 Å². The molecule has 0 unspecified atom stereocenters. The van der Waals surface area contributed by atoms with Crippen LogP contribution in [0.25, 0.3) is 0 Å². The van der Waals surface area contributed by atoms with Gasteiger partial charge >= 0.3 is 0 Å². The zero-order valence-corrected chi connectivity index (χ0v) is 10.3. The molecule has 3 N–H and O–H groups in total. The van der Waals surface area contributed by atoms with Gasteiger partial charge in [0.2, 0.25) is 0 Å². The second-order valence-corrected chi connectivity index (χ2v) is 4.35. The molecule has 2 aromatic carbocycles. The van der Waals surface area contributed by atoms with E-state index in [1.165, 1.54) is 16.7 Å². The summed E-state index contributed by atoms with van der Waals surface area (Å²) in [7, 11) is 0. The lowest BCUT2D eigenvalue weighted by Gasteiger charge is -2.11. The molecule has 0 heterocycles. The highest BCUT2D eigenvalue weighted by atomic mass is 14.9. The van der Waals surface area contributed by atoms with Gasteiger partial charge in [0, 0.05) is 17.9 Å². The molecule has 0 aliphatic rings. The molecule has 0 aliphatic carbocycles. The average Bonchev–Trinajstić information content (AvgIpc) is 2.30. The molecule has 0 aliphatic heterocycles. The quantitative estimate of drug-likeness (QED) is 0.786. The van der Waals surface area contributed by atoms with Gasteiger partial charge in [-0.2, -0.15) is 0 Å². The molecular formula is C15H18N2. The number of nitrogens with two attached hydrogens (primary N) is 1. The van der Waals surface area contributed by atoms with E-state index in [0.29, 0.717) is 0 Å². The van der Waals surface area contributed by atoms with Crippen LogP contribution >= 0.6 is 0 Å². The molecule has 2 nitrogen and oxygen atoms in total. The lowest BCUT2D eigenvalue weighted by molar-refractivity contribution is 1.11. The minimum absolute atomic E-state index is 0.809. The molecule has 0 saturated heterocycles. The van der Waals surface area contributed by atoms with E-state index in [1.54, 1.807) is 0 Å². The molecule has 2 rings (SSSR count). The molecular weight excluding hydrogens is 208 g/mol. The molecule has 2 aromatic rings. The van der Waals surface area contributed by atoms with Gasteiger partial charge in [-0.25, -0.2) is 0 Å². The van der Waals surface area contributed by atoms with Crippen LogP contribution in [0.1, 0.15) is 16.7 Å². The molecule has 0 amide bonds. The fourth-order valence-corrected chi connectivity index (χ4v) is 1.88. The highest BCUT2D eigenvalue weighted by molar-refractivity contribution is 5.57. The molecule has 0 saturated carbocycles. The summed E-state index contributed by atoms with van der Waals surface area (Å²) in [5, 5.41) is 3.44. The molecule has 0 atom stereocenters. The maximum absolute atomic E-state index is 5.73. The number of aryl methyl sites for hydroxylation is 2. The van der Waals surface area contributed by atoms with Gasteiger partial charge in [-0.15, -0.1) is 0 Å². The van der Waals surface area contributed by atoms with Gasteiger partial charge in [0.05, 0.1) is 0 Å². The number of benzene rings is 2. The Morgan fingerprint density at radius 1 is 1.00 bits per heavy atom. The van der Waals surface area contributed by atoms with Crippen molar-refractivity contribution in [3.63, 3.8) is 0 Å². The van der Waals surface area contributed by atoms with Gasteiger partial charge in [-0.05, 0) is 48.7 Å². The number of nitrogens with one attached hydrogen (secondary N) is 1. The van der Waals surface area contributed by atoms with Crippen molar-refractivity contribution < 1.29 is 0 Å². The van der Waals surface area contributed by atoms with Gasteiger partial charge in [-0.3, -0.25) is 0 Å². The zero-order valence-electron chi connectivity index (χ0n) is 10.3. The van der Waals surface area contributed by atoms with Crippen LogP contribution in [0, 0.1) is 13.8 Å². The number of hydrogen-bond donors (Lipinski definition) is 2. The summed E-state index contributed by atoms with van der Waals surface area (Å²) in [5.74, 6) is 0. The van der Waals surface area contributed by atoms with Crippen LogP contribution in [0.2, 0.25) is 0 Å². The van der Waals surface area contributed by atoms with Crippen molar-refractivity contribution in [2.24, 2.45) is 0 Å². The van der Waals surface area contributed by atoms with Gasteiger partial charge in [0.1, 0.15) is 0 Å². The van der Waals surface area contributed by atoms with E-state index in [2.05, 4.69) is 43.4 Å². The van der Waals surface area contributed by atoms with Crippen LogP contribution in [-0.2, 0) is 6.54 Å². The molecule has 17 heavy (non-hydrogen) atoms. The first-order valence-electron chi connectivity index (χ1n) is 5.81. The number of anilines is 2. The average molecular weight is 226 g/mol. The molecule has 0 radical (unpaired) electrons. The smallest absolute Gasteiger partial charge is 0.0403 e. The third kappa shape index (κ3) is 2.78. The minimum Gasteiger partial charge on any atom is -0.399 e. The van der Waals surface area contributed by atoms with Crippen LogP contribution < -0.4 is 11.1 Å². The Bertz CT molecular complexity index is 518. The lowest BCUT2D eigenvalue weighted by Crippen LogP contribution is -2.02. The van der Waals surface area contributed by atoms with Crippen LogP contribution in [0.4, 0.5) is 11.4 Å². The largest absolute Gasteiger partial charge is 0.399 e. The summed E-state index contributed by atoms with van der Waals surface area (Å²) in [6, 6.07) is 14.4. The van der Waals surface area contributed by atoms with E-state index < -0.39 is 0 Å². The highest BCUT2D eigenvalue weighted by Crippen LogP contribution is 2.19. The Labute approximate surface area is 102 Å². The Morgan fingerprint density at radius 2 is 1.76 bits per heavy atom. The maximum atomic E-state index is 5.73. The van der Waals surface area contributed by atoms with Crippen molar-refractivity contribution >= 4 is 11.4 Å². The first-order chi connectivity index (χ1) is 8.16. The van der Waals surface area contributed by atoms with Crippen LogP contribution in [0.15, 0.2) is 42.5 Å². The lowest BCUT2D eigenvalue weighted by atomic mass is 10.1. The normalized spacial score (nSPS) is 10.2. The zero-order chi connectivity index (χ0) is 12.3. The summed E-state index contributed by atoms with van der Waals surface area (Å²) in [4.78, 5) is 0. The third-order valence-electron chi connectivity index (χ3n) is 2.98. The van der Waals surface area contributed by atoms with Gasteiger partial charge in [0.15, 0.2) is 0 Å². The molecule has 0 fully saturated rings. The molecule has 0 bridgehead atoms. The Balaban J connectivity index is 2.10. The fraction of sp³-hybridized carbons (Fsp3) is 0.200. The van der Waals surface area contributed by atoms with Crippen molar-refractivity contribution in [2.75, 3.05) is 11.1 Å². The van der Waals surface area contributed by atoms with E-state index in [-0.39, 0.29) is 0 Å². The Morgan fingerprint density at radius 3 is 2.47 bits per heavy atom. The predicted octanol–water partition coefficient (Wildman–Crippen LogP) is 3.50. The predicted molar refractivity (Wildman–Crippen MR) is 74.1 cm³/mol. The Kier molecular flexibility index (Phi) is 3.33. The van der Waals surface area contributed by atoms with E-state index in [1.807, 2.05) is 18.2 Å². The van der Waals surface area contributed by atoms with Crippen molar-refractivity contribution in [1.29, 1.82) is 0 Å².